The highest BCUT2D eigenvalue weighted by atomic mass is 16.5. The second kappa shape index (κ2) is 15.4. The summed E-state index contributed by atoms with van der Waals surface area (Å²) in [6.45, 7) is 6.18. The Balaban J connectivity index is 2.28. The molecule has 0 bridgehead atoms. The summed E-state index contributed by atoms with van der Waals surface area (Å²) < 4.78 is 11.4. The number of benzene rings is 2. The van der Waals surface area contributed by atoms with Gasteiger partial charge in [0.15, 0.2) is 0 Å². The lowest BCUT2D eigenvalue weighted by atomic mass is 9.72. The molecule has 0 saturated heterocycles. The fourth-order valence-electron chi connectivity index (χ4n) is 4.43. The minimum Gasteiger partial charge on any atom is -0.494 e. The van der Waals surface area contributed by atoms with Crippen molar-refractivity contribution in [2.45, 2.75) is 95.2 Å². The van der Waals surface area contributed by atoms with Gasteiger partial charge in [0.25, 0.3) is 0 Å². The monoisotopic (exact) mass is 534 g/mol. The molecule has 0 aliphatic heterocycles. The summed E-state index contributed by atoms with van der Waals surface area (Å²) in [5, 5.41) is 65.2. The summed E-state index contributed by atoms with van der Waals surface area (Å²) in [5.74, 6) is 1.34. The van der Waals surface area contributed by atoms with Crippen molar-refractivity contribution in [2.24, 2.45) is 0 Å². The molecular formula is C30H46O8. The van der Waals surface area contributed by atoms with E-state index in [1.807, 2.05) is 0 Å². The molecule has 0 heterocycles. The molecule has 0 aliphatic rings. The van der Waals surface area contributed by atoms with Gasteiger partial charge in [-0.3, -0.25) is 0 Å². The van der Waals surface area contributed by atoms with E-state index in [4.69, 9.17) is 9.47 Å². The summed E-state index contributed by atoms with van der Waals surface area (Å²) in [4.78, 5) is 0. The van der Waals surface area contributed by atoms with E-state index in [1.54, 1.807) is 55.5 Å². The van der Waals surface area contributed by atoms with E-state index in [2.05, 4.69) is 13.8 Å². The van der Waals surface area contributed by atoms with Crippen LogP contribution in [0.3, 0.4) is 0 Å². The Kier molecular flexibility index (Phi) is 13.0. The van der Waals surface area contributed by atoms with Crippen molar-refractivity contribution in [1.82, 2.24) is 0 Å². The fourth-order valence-corrected chi connectivity index (χ4v) is 4.43. The standard InChI is InChI=1S/C30H46O8/c1-4-7-17-37-24-13-9-22(10-14-24)19-29(35,6-3)28(34)30(36,27(33)26(32)21-31)20-23-11-15-25(16-12-23)38-18-8-5-2/h9-16,26-28,31-36H,4-8,17-21H2,1-3H3/t26-,27+,28+,29?,30+/m0/s1. The van der Waals surface area contributed by atoms with Gasteiger partial charge in [-0.05, 0) is 54.7 Å². The Morgan fingerprint density at radius 2 is 1.16 bits per heavy atom. The van der Waals surface area contributed by atoms with Crippen molar-refractivity contribution in [3.05, 3.63) is 59.7 Å². The number of hydrogen-bond donors (Lipinski definition) is 6. The third kappa shape index (κ3) is 8.66. The first kappa shape index (κ1) is 32.0. The normalized spacial score (nSPS) is 17.2. The highest BCUT2D eigenvalue weighted by Gasteiger charge is 2.53. The molecule has 38 heavy (non-hydrogen) atoms. The fraction of sp³-hybridized carbons (Fsp3) is 0.600. The molecule has 0 spiro atoms. The van der Waals surface area contributed by atoms with E-state index in [9.17, 15) is 30.6 Å². The summed E-state index contributed by atoms with van der Waals surface area (Å²) in [5.41, 5.74) is -2.98. The molecule has 6 N–H and O–H groups in total. The molecule has 8 heteroatoms. The van der Waals surface area contributed by atoms with Crippen LogP contribution in [0.25, 0.3) is 0 Å². The van der Waals surface area contributed by atoms with Crippen LogP contribution in [0.2, 0.25) is 0 Å². The summed E-state index contributed by atoms with van der Waals surface area (Å²) in [7, 11) is 0. The summed E-state index contributed by atoms with van der Waals surface area (Å²) >= 11 is 0. The Morgan fingerprint density at radius 3 is 1.55 bits per heavy atom. The first-order valence-corrected chi connectivity index (χ1v) is 13.7. The lowest BCUT2D eigenvalue weighted by Crippen LogP contribution is -2.66. The first-order chi connectivity index (χ1) is 18.1. The molecule has 0 amide bonds. The van der Waals surface area contributed by atoms with E-state index >= 15 is 0 Å². The Labute approximate surface area is 226 Å². The van der Waals surface area contributed by atoms with Gasteiger partial charge >= 0.3 is 0 Å². The molecular weight excluding hydrogens is 488 g/mol. The van der Waals surface area contributed by atoms with Crippen molar-refractivity contribution in [2.75, 3.05) is 19.8 Å². The van der Waals surface area contributed by atoms with E-state index in [-0.39, 0.29) is 19.3 Å². The second-order valence-corrected chi connectivity index (χ2v) is 10.1. The second-order valence-electron chi connectivity index (χ2n) is 10.1. The zero-order valence-electron chi connectivity index (χ0n) is 22.9. The zero-order valence-corrected chi connectivity index (χ0v) is 22.9. The van der Waals surface area contributed by atoms with Crippen LogP contribution in [0.4, 0.5) is 0 Å². The third-order valence-corrected chi connectivity index (χ3v) is 7.04. The highest BCUT2D eigenvalue weighted by Crippen LogP contribution is 2.35. The van der Waals surface area contributed by atoms with Gasteiger partial charge in [-0.1, -0.05) is 57.9 Å². The van der Waals surface area contributed by atoms with Crippen LogP contribution in [0.5, 0.6) is 11.5 Å². The molecule has 214 valence electrons. The van der Waals surface area contributed by atoms with E-state index in [0.29, 0.717) is 35.8 Å². The van der Waals surface area contributed by atoms with Crippen LogP contribution in [-0.2, 0) is 12.8 Å². The number of rotatable bonds is 18. The van der Waals surface area contributed by atoms with Gasteiger partial charge in [0.05, 0.1) is 25.4 Å². The largest absolute Gasteiger partial charge is 0.494 e. The van der Waals surface area contributed by atoms with E-state index in [1.165, 1.54) is 0 Å². The number of aliphatic hydroxyl groups excluding tert-OH is 4. The molecule has 0 fully saturated rings. The van der Waals surface area contributed by atoms with Crippen molar-refractivity contribution in [3.8, 4) is 11.5 Å². The number of ether oxygens (including phenoxy) is 2. The SMILES string of the molecule is CCCCOc1ccc(CC(O)(CC)[C@@H](O)[C@@](O)(Cc2ccc(OCCCC)cc2)[C@H](O)[C@@H](O)CO)cc1. The van der Waals surface area contributed by atoms with Gasteiger partial charge in [-0.2, -0.15) is 0 Å². The predicted molar refractivity (Wildman–Crippen MR) is 146 cm³/mol. The number of hydrogen-bond acceptors (Lipinski definition) is 8. The quantitative estimate of drug-likeness (QED) is 0.161. The van der Waals surface area contributed by atoms with Crippen LogP contribution in [0.1, 0.15) is 64.0 Å². The van der Waals surface area contributed by atoms with E-state index < -0.39 is 36.1 Å². The maximum absolute atomic E-state index is 11.7. The molecule has 2 rings (SSSR count). The van der Waals surface area contributed by atoms with Gasteiger partial charge in [0.1, 0.15) is 35.4 Å². The lowest BCUT2D eigenvalue weighted by Gasteiger charge is -2.45. The molecule has 0 radical (unpaired) electrons. The molecule has 2 aromatic rings. The summed E-state index contributed by atoms with van der Waals surface area (Å²) in [6.07, 6.45) is -1.89. The Bertz CT molecular complexity index is 919. The van der Waals surface area contributed by atoms with E-state index in [0.717, 1.165) is 25.7 Å². The molecule has 0 saturated carbocycles. The number of aliphatic hydroxyl groups is 6. The van der Waals surface area contributed by atoms with Crippen LogP contribution < -0.4 is 9.47 Å². The van der Waals surface area contributed by atoms with Crippen LogP contribution in [0, 0.1) is 0 Å². The minimum absolute atomic E-state index is 0.0195. The minimum atomic E-state index is -2.37. The molecule has 0 aromatic heterocycles. The van der Waals surface area contributed by atoms with Crippen molar-refractivity contribution in [1.29, 1.82) is 0 Å². The average molecular weight is 535 g/mol. The summed E-state index contributed by atoms with van der Waals surface area (Å²) in [6, 6.07) is 14.0. The molecule has 8 nitrogen and oxygen atoms in total. The van der Waals surface area contributed by atoms with Gasteiger partial charge in [-0.25, -0.2) is 0 Å². The smallest absolute Gasteiger partial charge is 0.126 e. The predicted octanol–water partition coefficient (Wildman–Crippen LogP) is 2.78. The average Bonchev–Trinajstić information content (AvgIpc) is 2.93. The van der Waals surface area contributed by atoms with Gasteiger partial charge in [0, 0.05) is 12.8 Å². The Morgan fingerprint density at radius 1 is 0.711 bits per heavy atom. The highest BCUT2D eigenvalue weighted by molar-refractivity contribution is 5.31. The number of unbranched alkanes of at least 4 members (excludes halogenated alkanes) is 2. The van der Waals surface area contributed by atoms with Crippen molar-refractivity contribution in [3.63, 3.8) is 0 Å². The first-order valence-electron chi connectivity index (χ1n) is 13.7. The van der Waals surface area contributed by atoms with Crippen molar-refractivity contribution >= 4 is 0 Å². The van der Waals surface area contributed by atoms with Crippen molar-refractivity contribution < 1.29 is 40.1 Å². The molecule has 1 unspecified atom stereocenters. The van der Waals surface area contributed by atoms with Crippen LogP contribution in [0.15, 0.2) is 48.5 Å². The molecule has 0 aliphatic carbocycles. The lowest BCUT2D eigenvalue weighted by molar-refractivity contribution is -0.229. The van der Waals surface area contributed by atoms with Gasteiger partial charge in [-0.15, -0.1) is 0 Å². The third-order valence-electron chi connectivity index (χ3n) is 7.04. The maximum Gasteiger partial charge on any atom is 0.126 e. The van der Waals surface area contributed by atoms with Crippen LogP contribution >= 0.6 is 0 Å². The van der Waals surface area contributed by atoms with Gasteiger partial charge < -0.3 is 40.1 Å². The molecule has 5 atom stereocenters. The van der Waals surface area contributed by atoms with Gasteiger partial charge in [0.2, 0.25) is 0 Å². The topological polar surface area (TPSA) is 140 Å². The Hall–Kier alpha value is -2.20. The zero-order chi connectivity index (χ0) is 28.2. The molecule has 2 aromatic carbocycles. The van der Waals surface area contributed by atoms with Crippen LogP contribution in [-0.4, -0.2) is 80.0 Å². The maximum atomic E-state index is 11.7.